The van der Waals surface area contributed by atoms with Crippen LogP contribution in [0.1, 0.15) is 52.4 Å². The molecule has 0 aliphatic carbocycles. The normalized spacial score (nSPS) is 21.1. The molecule has 4 nitrogen and oxygen atoms in total. The summed E-state index contributed by atoms with van der Waals surface area (Å²) in [6.45, 7) is 4.72. The van der Waals surface area contributed by atoms with Crippen molar-refractivity contribution in [3.8, 4) is 0 Å². The van der Waals surface area contributed by atoms with Gasteiger partial charge < -0.3 is 10.6 Å². The number of unbranched alkanes of at least 4 members (excludes halogenated alkanes) is 3. The molecule has 98 valence electrons. The smallest absolute Gasteiger partial charge is 0.225 e. The molecule has 2 amide bonds. The lowest BCUT2D eigenvalue weighted by Crippen LogP contribution is -2.38. The summed E-state index contributed by atoms with van der Waals surface area (Å²) < 4.78 is 0. The summed E-state index contributed by atoms with van der Waals surface area (Å²) in [7, 11) is 0. The minimum Gasteiger partial charge on any atom is -0.355 e. The molecule has 2 unspecified atom stereocenters. The van der Waals surface area contributed by atoms with E-state index >= 15 is 0 Å². The highest BCUT2D eigenvalue weighted by atomic mass is 16.2. The molecular weight excluding hydrogens is 216 g/mol. The quantitative estimate of drug-likeness (QED) is 0.664. The topological polar surface area (TPSA) is 58.2 Å². The molecule has 2 atom stereocenters. The van der Waals surface area contributed by atoms with E-state index in [2.05, 4.69) is 17.6 Å². The largest absolute Gasteiger partial charge is 0.355 e. The number of rotatable bonds is 7. The van der Waals surface area contributed by atoms with E-state index in [4.69, 9.17) is 0 Å². The lowest BCUT2D eigenvalue weighted by Gasteiger charge is -2.16. The maximum Gasteiger partial charge on any atom is 0.225 e. The first-order valence-corrected chi connectivity index (χ1v) is 6.70. The van der Waals surface area contributed by atoms with Crippen LogP contribution in [0.4, 0.5) is 0 Å². The van der Waals surface area contributed by atoms with Gasteiger partial charge in [-0.1, -0.05) is 32.6 Å². The van der Waals surface area contributed by atoms with E-state index in [9.17, 15) is 9.59 Å². The number of carbonyl (C=O) groups is 2. The maximum absolute atomic E-state index is 11.8. The molecule has 0 saturated carbocycles. The minimum absolute atomic E-state index is 0.0132. The van der Waals surface area contributed by atoms with Crippen LogP contribution in [0.2, 0.25) is 0 Å². The van der Waals surface area contributed by atoms with Gasteiger partial charge in [0.15, 0.2) is 0 Å². The van der Waals surface area contributed by atoms with Crippen LogP contribution in [0.3, 0.4) is 0 Å². The van der Waals surface area contributed by atoms with Crippen molar-refractivity contribution in [3.63, 3.8) is 0 Å². The van der Waals surface area contributed by atoms with E-state index in [1.54, 1.807) is 0 Å². The maximum atomic E-state index is 11.8. The third kappa shape index (κ3) is 5.20. The first-order chi connectivity index (χ1) is 8.13. The minimum atomic E-state index is -0.166. The van der Waals surface area contributed by atoms with E-state index in [0.717, 1.165) is 12.8 Å². The van der Waals surface area contributed by atoms with Gasteiger partial charge in [0.05, 0.1) is 5.92 Å². The van der Waals surface area contributed by atoms with Crippen LogP contribution < -0.4 is 10.6 Å². The van der Waals surface area contributed by atoms with Crippen LogP contribution in [-0.4, -0.2) is 24.4 Å². The second-order valence-corrected chi connectivity index (χ2v) is 4.96. The Morgan fingerprint density at radius 1 is 1.47 bits per heavy atom. The molecule has 0 aromatic heterocycles. The standard InChI is InChI=1S/C13H24N2O2/c1-3-4-5-6-7-10(2)15-13(17)11-8-12(16)14-9-11/h10-11H,3-9H2,1-2H3,(H,14,16)(H,15,17). The second-order valence-electron chi connectivity index (χ2n) is 4.96. The van der Waals surface area contributed by atoms with Gasteiger partial charge in [0.2, 0.25) is 11.8 Å². The summed E-state index contributed by atoms with van der Waals surface area (Å²) >= 11 is 0. The fourth-order valence-electron chi connectivity index (χ4n) is 2.10. The SMILES string of the molecule is CCCCCCC(C)NC(=O)C1CNC(=O)C1. The molecule has 0 radical (unpaired) electrons. The van der Waals surface area contributed by atoms with Gasteiger partial charge >= 0.3 is 0 Å². The van der Waals surface area contributed by atoms with Crippen molar-refractivity contribution in [1.82, 2.24) is 10.6 Å². The summed E-state index contributed by atoms with van der Waals surface area (Å²) in [5, 5.41) is 5.67. The molecule has 0 bridgehead atoms. The number of hydrogen-bond acceptors (Lipinski definition) is 2. The van der Waals surface area contributed by atoms with Gasteiger partial charge in [0, 0.05) is 19.0 Å². The summed E-state index contributed by atoms with van der Waals surface area (Å²) in [5.74, 6) is -0.160. The van der Waals surface area contributed by atoms with Crippen molar-refractivity contribution in [3.05, 3.63) is 0 Å². The Morgan fingerprint density at radius 2 is 2.24 bits per heavy atom. The molecule has 1 saturated heterocycles. The Labute approximate surface area is 104 Å². The van der Waals surface area contributed by atoms with Crippen LogP contribution in [0.25, 0.3) is 0 Å². The lowest BCUT2D eigenvalue weighted by atomic mass is 10.1. The van der Waals surface area contributed by atoms with Gasteiger partial charge in [-0.2, -0.15) is 0 Å². The molecule has 0 spiro atoms. The Hall–Kier alpha value is -1.06. The summed E-state index contributed by atoms with van der Waals surface area (Å²) in [6.07, 6.45) is 6.27. The molecule has 1 aliphatic heterocycles. The predicted octanol–water partition coefficient (Wildman–Crippen LogP) is 1.60. The van der Waals surface area contributed by atoms with Gasteiger partial charge in [-0.05, 0) is 13.3 Å². The molecule has 4 heteroatoms. The average molecular weight is 240 g/mol. The Balaban J connectivity index is 2.14. The second kappa shape index (κ2) is 7.30. The predicted molar refractivity (Wildman–Crippen MR) is 67.5 cm³/mol. The van der Waals surface area contributed by atoms with Gasteiger partial charge in [-0.3, -0.25) is 9.59 Å². The zero-order valence-corrected chi connectivity index (χ0v) is 10.9. The molecule has 17 heavy (non-hydrogen) atoms. The zero-order valence-electron chi connectivity index (χ0n) is 10.9. The van der Waals surface area contributed by atoms with Crippen molar-refractivity contribution >= 4 is 11.8 Å². The summed E-state index contributed by atoms with van der Waals surface area (Å²) in [5.41, 5.74) is 0. The van der Waals surface area contributed by atoms with Gasteiger partial charge in [0.25, 0.3) is 0 Å². The zero-order chi connectivity index (χ0) is 12.7. The number of nitrogens with one attached hydrogen (secondary N) is 2. The van der Waals surface area contributed by atoms with Crippen LogP contribution in [0.5, 0.6) is 0 Å². The molecule has 1 heterocycles. The van der Waals surface area contributed by atoms with E-state index < -0.39 is 0 Å². The Morgan fingerprint density at radius 3 is 2.82 bits per heavy atom. The molecule has 1 fully saturated rings. The van der Waals surface area contributed by atoms with Crippen molar-refractivity contribution in [2.24, 2.45) is 5.92 Å². The third-order valence-electron chi connectivity index (χ3n) is 3.23. The van der Waals surface area contributed by atoms with Crippen LogP contribution in [0.15, 0.2) is 0 Å². The molecular formula is C13H24N2O2. The number of carbonyl (C=O) groups excluding carboxylic acids is 2. The van der Waals surface area contributed by atoms with Gasteiger partial charge in [0.1, 0.15) is 0 Å². The monoisotopic (exact) mass is 240 g/mol. The Bertz CT molecular complexity index is 266. The summed E-state index contributed by atoms with van der Waals surface area (Å²) in [6, 6.07) is 0.218. The van der Waals surface area contributed by atoms with E-state index in [-0.39, 0.29) is 23.8 Å². The van der Waals surface area contributed by atoms with Crippen LogP contribution in [0, 0.1) is 5.92 Å². The third-order valence-corrected chi connectivity index (χ3v) is 3.23. The number of hydrogen-bond donors (Lipinski definition) is 2. The first-order valence-electron chi connectivity index (χ1n) is 6.70. The van der Waals surface area contributed by atoms with Crippen molar-refractivity contribution < 1.29 is 9.59 Å². The highest BCUT2D eigenvalue weighted by Gasteiger charge is 2.28. The van der Waals surface area contributed by atoms with Crippen molar-refractivity contribution in [2.75, 3.05) is 6.54 Å². The van der Waals surface area contributed by atoms with Crippen molar-refractivity contribution in [2.45, 2.75) is 58.4 Å². The lowest BCUT2D eigenvalue weighted by molar-refractivity contribution is -0.127. The van der Waals surface area contributed by atoms with E-state index in [0.29, 0.717) is 13.0 Å². The molecule has 0 aromatic carbocycles. The first kappa shape index (κ1) is 14.0. The van der Waals surface area contributed by atoms with Crippen molar-refractivity contribution in [1.29, 1.82) is 0 Å². The fourth-order valence-corrected chi connectivity index (χ4v) is 2.10. The molecule has 2 N–H and O–H groups in total. The van der Waals surface area contributed by atoms with Crippen LogP contribution >= 0.6 is 0 Å². The van der Waals surface area contributed by atoms with E-state index in [1.807, 2.05) is 6.92 Å². The van der Waals surface area contributed by atoms with Gasteiger partial charge in [-0.25, -0.2) is 0 Å². The number of amides is 2. The average Bonchev–Trinajstić information content (AvgIpc) is 2.71. The van der Waals surface area contributed by atoms with Crippen LogP contribution in [-0.2, 0) is 9.59 Å². The highest BCUT2D eigenvalue weighted by Crippen LogP contribution is 2.10. The summed E-state index contributed by atoms with van der Waals surface area (Å²) in [4.78, 5) is 22.8. The van der Waals surface area contributed by atoms with E-state index in [1.165, 1.54) is 19.3 Å². The van der Waals surface area contributed by atoms with Gasteiger partial charge in [-0.15, -0.1) is 0 Å². The Kier molecular flexibility index (Phi) is 6.01. The molecule has 1 aliphatic rings. The molecule has 1 rings (SSSR count). The highest BCUT2D eigenvalue weighted by molar-refractivity contribution is 5.89. The fraction of sp³-hybridized carbons (Fsp3) is 0.846. The molecule has 0 aromatic rings.